The van der Waals surface area contributed by atoms with Crippen LogP contribution in [0.2, 0.25) is 0 Å². The molecule has 0 saturated heterocycles. The van der Waals surface area contributed by atoms with Crippen molar-refractivity contribution in [3.8, 4) is 0 Å². The molecule has 10 heavy (non-hydrogen) atoms. The Morgan fingerprint density at radius 3 is 3.00 bits per heavy atom. The topological polar surface area (TPSA) is 29.3 Å². The maximum absolute atomic E-state index is 4.69. The van der Waals surface area contributed by atoms with E-state index in [9.17, 15) is 0 Å². The number of rotatable bonds is 3. The van der Waals surface area contributed by atoms with Crippen molar-refractivity contribution in [1.82, 2.24) is 5.16 Å². The Balaban J connectivity index is 2.50. The lowest BCUT2D eigenvalue weighted by molar-refractivity contribution is 0.420. The molecule has 1 aromatic heterocycles. The van der Waals surface area contributed by atoms with Crippen molar-refractivity contribution in [2.45, 2.75) is 13.3 Å². The number of hydrogen-bond acceptors (Lipinski definition) is 3. The first-order chi connectivity index (χ1) is 4.84. The lowest BCUT2D eigenvalue weighted by Crippen LogP contribution is -2.16. The van der Waals surface area contributed by atoms with Gasteiger partial charge in [0.25, 0.3) is 0 Å². The van der Waals surface area contributed by atoms with Crippen molar-refractivity contribution in [3.63, 3.8) is 0 Å². The number of aromatic nitrogens is 1. The second kappa shape index (κ2) is 3.25. The summed E-state index contributed by atoms with van der Waals surface area (Å²) in [5.74, 6) is 0. The molecule has 0 N–H and O–H groups in total. The summed E-state index contributed by atoms with van der Waals surface area (Å²) in [5.41, 5.74) is 1.04. The van der Waals surface area contributed by atoms with Crippen LogP contribution in [0.25, 0.3) is 0 Å². The second-order valence-electron chi connectivity index (χ2n) is 2.30. The van der Waals surface area contributed by atoms with Gasteiger partial charge in [0, 0.05) is 13.6 Å². The number of anilines is 1. The number of hydrogen-bond donors (Lipinski definition) is 0. The highest BCUT2D eigenvalue weighted by atomic mass is 16.5. The molecule has 0 saturated carbocycles. The first kappa shape index (κ1) is 7.12. The zero-order valence-electron chi connectivity index (χ0n) is 6.37. The van der Waals surface area contributed by atoms with E-state index in [1.165, 1.54) is 0 Å². The molecule has 0 atom stereocenters. The Labute approximate surface area is 60.6 Å². The van der Waals surface area contributed by atoms with Crippen LogP contribution in [0.3, 0.4) is 0 Å². The summed E-state index contributed by atoms with van der Waals surface area (Å²) in [6.45, 7) is 3.19. The van der Waals surface area contributed by atoms with E-state index in [1.54, 1.807) is 12.5 Å². The Morgan fingerprint density at radius 1 is 1.70 bits per heavy atom. The molecule has 0 aliphatic rings. The molecule has 56 valence electrons. The van der Waals surface area contributed by atoms with E-state index in [1.807, 2.05) is 7.05 Å². The van der Waals surface area contributed by atoms with Crippen LogP contribution in [0.4, 0.5) is 5.69 Å². The fourth-order valence-electron chi connectivity index (χ4n) is 0.852. The van der Waals surface area contributed by atoms with E-state index in [0.29, 0.717) is 0 Å². The van der Waals surface area contributed by atoms with Crippen molar-refractivity contribution >= 4 is 5.69 Å². The monoisotopic (exact) mass is 140 g/mol. The molecule has 1 heterocycles. The molecule has 0 aliphatic carbocycles. The van der Waals surface area contributed by atoms with Gasteiger partial charge in [-0.15, -0.1) is 0 Å². The van der Waals surface area contributed by atoms with Gasteiger partial charge in [-0.05, 0) is 6.42 Å². The molecule has 1 rings (SSSR count). The Morgan fingerprint density at radius 2 is 2.50 bits per heavy atom. The summed E-state index contributed by atoms with van der Waals surface area (Å²) in [6, 6.07) is 0. The third-order valence-corrected chi connectivity index (χ3v) is 1.42. The average molecular weight is 140 g/mol. The highest BCUT2D eigenvalue weighted by molar-refractivity contribution is 5.39. The summed E-state index contributed by atoms with van der Waals surface area (Å²) in [7, 11) is 2.02. The Hall–Kier alpha value is -0.990. The highest BCUT2D eigenvalue weighted by Crippen LogP contribution is 2.09. The predicted octanol–water partition coefficient (Wildman–Crippen LogP) is 1.52. The minimum absolute atomic E-state index is 1.04. The van der Waals surface area contributed by atoms with Crippen LogP contribution in [0.15, 0.2) is 17.0 Å². The highest BCUT2D eigenvalue weighted by Gasteiger charge is 1.99. The van der Waals surface area contributed by atoms with E-state index in [-0.39, 0.29) is 0 Å². The minimum Gasteiger partial charge on any atom is -0.371 e. The molecular formula is C7H12N2O. The Kier molecular flexibility index (Phi) is 2.31. The molecular weight excluding hydrogens is 128 g/mol. The quantitative estimate of drug-likeness (QED) is 0.637. The van der Waals surface area contributed by atoms with Crippen molar-refractivity contribution < 1.29 is 4.52 Å². The Bertz CT molecular complexity index is 172. The van der Waals surface area contributed by atoms with Crippen molar-refractivity contribution in [2.75, 3.05) is 18.5 Å². The summed E-state index contributed by atoms with van der Waals surface area (Å²) in [5, 5.41) is 3.61. The molecule has 1 aromatic rings. The van der Waals surface area contributed by atoms with Crippen LogP contribution in [-0.2, 0) is 0 Å². The molecule has 0 unspecified atom stereocenters. The smallest absolute Gasteiger partial charge is 0.147 e. The van der Waals surface area contributed by atoms with Gasteiger partial charge in [-0.25, -0.2) is 0 Å². The van der Waals surface area contributed by atoms with Crippen LogP contribution in [0.1, 0.15) is 13.3 Å². The van der Waals surface area contributed by atoms with Gasteiger partial charge in [0.1, 0.15) is 6.26 Å². The maximum Gasteiger partial charge on any atom is 0.147 e. The molecule has 3 nitrogen and oxygen atoms in total. The third-order valence-electron chi connectivity index (χ3n) is 1.42. The molecule has 0 aliphatic heterocycles. The van der Waals surface area contributed by atoms with Gasteiger partial charge in [0.2, 0.25) is 0 Å². The molecule has 0 spiro atoms. The van der Waals surface area contributed by atoms with Gasteiger partial charge in [0.05, 0.1) is 11.9 Å². The molecule has 0 aromatic carbocycles. The van der Waals surface area contributed by atoms with E-state index >= 15 is 0 Å². The largest absolute Gasteiger partial charge is 0.371 e. The second-order valence-corrected chi connectivity index (χ2v) is 2.30. The fraction of sp³-hybridized carbons (Fsp3) is 0.571. The van der Waals surface area contributed by atoms with Crippen LogP contribution >= 0.6 is 0 Å². The van der Waals surface area contributed by atoms with Gasteiger partial charge in [0.15, 0.2) is 0 Å². The van der Waals surface area contributed by atoms with Gasteiger partial charge >= 0.3 is 0 Å². The zero-order chi connectivity index (χ0) is 7.40. The van der Waals surface area contributed by atoms with E-state index in [4.69, 9.17) is 4.52 Å². The fourth-order valence-corrected chi connectivity index (χ4v) is 0.852. The van der Waals surface area contributed by atoms with Crippen LogP contribution in [-0.4, -0.2) is 18.7 Å². The molecule has 0 bridgehead atoms. The molecule has 0 amide bonds. The SMILES string of the molecule is CCCN(C)c1cnoc1. The lowest BCUT2D eigenvalue weighted by atomic mass is 10.4. The average Bonchev–Trinajstić information content (AvgIpc) is 2.38. The van der Waals surface area contributed by atoms with Gasteiger partial charge in [-0.2, -0.15) is 0 Å². The molecule has 0 fully saturated rings. The van der Waals surface area contributed by atoms with E-state index in [2.05, 4.69) is 17.0 Å². The standard InChI is InChI=1S/C7H12N2O/c1-3-4-9(2)7-5-8-10-6-7/h5-6H,3-4H2,1-2H3. The van der Waals surface area contributed by atoms with E-state index in [0.717, 1.165) is 18.7 Å². The first-order valence-corrected chi connectivity index (χ1v) is 3.45. The van der Waals surface area contributed by atoms with Crippen molar-refractivity contribution in [3.05, 3.63) is 12.5 Å². The minimum atomic E-state index is 1.04. The molecule has 3 heteroatoms. The normalized spacial score (nSPS) is 9.80. The van der Waals surface area contributed by atoms with Gasteiger partial charge in [-0.3, -0.25) is 0 Å². The van der Waals surface area contributed by atoms with E-state index < -0.39 is 0 Å². The summed E-state index contributed by atoms with van der Waals surface area (Å²) < 4.78 is 4.69. The zero-order valence-corrected chi connectivity index (χ0v) is 6.37. The third kappa shape index (κ3) is 1.50. The lowest BCUT2D eigenvalue weighted by Gasteiger charge is -2.13. The number of nitrogens with zero attached hydrogens (tertiary/aromatic N) is 2. The van der Waals surface area contributed by atoms with Gasteiger partial charge < -0.3 is 9.42 Å². The first-order valence-electron chi connectivity index (χ1n) is 3.45. The molecule has 0 radical (unpaired) electrons. The summed E-state index contributed by atoms with van der Waals surface area (Å²) >= 11 is 0. The summed E-state index contributed by atoms with van der Waals surface area (Å²) in [6.07, 6.45) is 4.51. The maximum atomic E-state index is 4.69. The summed E-state index contributed by atoms with van der Waals surface area (Å²) in [4.78, 5) is 2.11. The van der Waals surface area contributed by atoms with Crippen molar-refractivity contribution in [2.24, 2.45) is 0 Å². The predicted molar refractivity (Wildman–Crippen MR) is 40.1 cm³/mol. The van der Waals surface area contributed by atoms with Gasteiger partial charge in [-0.1, -0.05) is 12.1 Å². The van der Waals surface area contributed by atoms with Crippen LogP contribution in [0.5, 0.6) is 0 Å². The van der Waals surface area contributed by atoms with Crippen LogP contribution in [0, 0.1) is 0 Å². The van der Waals surface area contributed by atoms with Crippen LogP contribution < -0.4 is 4.90 Å². The van der Waals surface area contributed by atoms with Crippen molar-refractivity contribution in [1.29, 1.82) is 0 Å².